The summed E-state index contributed by atoms with van der Waals surface area (Å²) in [6.45, 7) is 4.42. The van der Waals surface area contributed by atoms with Gasteiger partial charge in [-0.25, -0.2) is 4.79 Å². The normalized spacial score (nSPS) is 16.1. The number of hydrogen-bond donors (Lipinski definition) is 1. The van der Waals surface area contributed by atoms with Crippen molar-refractivity contribution in [2.45, 2.75) is 26.4 Å². The van der Waals surface area contributed by atoms with E-state index in [1.54, 1.807) is 6.07 Å². The minimum atomic E-state index is -0.683. The molecule has 0 amide bonds. The lowest BCUT2D eigenvalue weighted by atomic mass is 9.79. The lowest BCUT2D eigenvalue weighted by Crippen LogP contribution is -2.29. The van der Waals surface area contributed by atoms with Crippen LogP contribution in [0.4, 0.5) is 0 Å². The van der Waals surface area contributed by atoms with Crippen LogP contribution in [0.2, 0.25) is 5.02 Å². The molecule has 0 aromatic heterocycles. The highest BCUT2D eigenvalue weighted by molar-refractivity contribution is 9.10. The lowest BCUT2D eigenvalue weighted by Gasteiger charge is -2.30. The van der Waals surface area contributed by atoms with Gasteiger partial charge in [-0.15, -0.1) is 0 Å². The topological polar surface area (TPSA) is 73.9 Å². The van der Waals surface area contributed by atoms with Crippen molar-refractivity contribution in [2.75, 3.05) is 13.7 Å². The van der Waals surface area contributed by atoms with Crippen LogP contribution >= 0.6 is 27.5 Å². The number of allylic oxidation sites excluding steroid dienone is 2. The maximum Gasteiger partial charge on any atom is 0.336 e. The number of ketones is 1. The van der Waals surface area contributed by atoms with Crippen LogP contribution in [0.5, 0.6) is 11.5 Å². The number of halogens is 2. The van der Waals surface area contributed by atoms with Crippen LogP contribution in [-0.4, -0.2) is 25.5 Å². The molecule has 1 N–H and O–H groups in total. The summed E-state index contributed by atoms with van der Waals surface area (Å²) in [6, 6.07) is 18.5. The number of rotatable bonds is 7. The molecule has 1 aliphatic carbocycles. The van der Waals surface area contributed by atoms with Crippen LogP contribution in [0.3, 0.4) is 0 Å². The summed E-state index contributed by atoms with van der Waals surface area (Å²) >= 11 is 9.70. The molecule has 38 heavy (non-hydrogen) atoms. The Balaban J connectivity index is 1.61. The van der Waals surface area contributed by atoms with Crippen LogP contribution in [0, 0.1) is 0 Å². The molecule has 0 saturated heterocycles. The van der Waals surface area contributed by atoms with E-state index < -0.39 is 11.9 Å². The van der Waals surface area contributed by atoms with E-state index in [1.807, 2.05) is 68.4 Å². The number of esters is 1. The van der Waals surface area contributed by atoms with Gasteiger partial charge in [0.1, 0.15) is 6.61 Å². The lowest BCUT2D eigenvalue weighted by molar-refractivity contribution is -0.136. The zero-order chi connectivity index (χ0) is 27.0. The Bertz CT molecular complexity index is 1510. The second-order valence-corrected chi connectivity index (χ2v) is 10.2. The van der Waals surface area contributed by atoms with E-state index in [1.165, 1.54) is 7.11 Å². The van der Waals surface area contributed by atoms with E-state index in [9.17, 15) is 9.59 Å². The van der Waals surface area contributed by atoms with E-state index in [4.69, 9.17) is 25.8 Å². The van der Waals surface area contributed by atoms with Crippen molar-refractivity contribution in [2.24, 2.45) is 0 Å². The van der Waals surface area contributed by atoms with Crippen molar-refractivity contribution in [1.29, 1.82) is 0 Å². The Morgan fingerprint density at radius 3 is 2.39 bits per heavy atom. The van der Waals surface area contributed by atoms with Crippen molar-refractivity contribution in [3.63, 3.8) is 0 Å². The zero-order valence-corrected chi connectivity index (χ0v) is 23.4. The van der Waals surface area contributed by atoms with Crippen LogP contribution < -0.4 is 14.8 Å². The monoisotopic (exact) mass is 593 g/mol. The number of Topliss-reactive ketones (excluding diaryl/α,β-unsaturated/α-hetero) is 1. The molecule has 194 valence electrons. The van der Waals surface area contributed by atoms with Gasteiger partial charge >= 0.3 is 5.97 Å². The van der Waals surface area contributed by atoms with Gasteiger partial charge in [0.2, 0.25) is 0 Å². The first-order chi connectivity index (χ1) is 18.3. The van der Waals surface area contributed by atoms with Crippen LogP contribution in [-0.2, 0) is 16.1 Å². The van der Waals surface area contributed by atoms with Crippen LogP contribution in [0.25, 0.3) is 5.70 Å². The molecule has 0 unspecified atom stereocenters. The molecule has 1 heterocycles. The fourth-order valence-electron chi connectivity index (χ4n) is 4.92. The third-order valence-corrected chi connectivity index (χ3v) is 7.57. The van der Waals surface area contributed by atoms with Crippen molar-refractivity contribution >= 4 is 45.0 Å². The first-order valence-electron chi connectivity index (χ1n) is 12.1. The fraction of sp³-hybridized carbons (Fsp3) is 0.200. The number of hydrogen-bond acceptors (Lipinski definition) is 6. The van der Waals surface area contributed by atoms with Gasteiger partial charge in [-0.1, -0.05) is 63.9 Å². The van der Waals surface area contributed by atoms with Crippen LogP contribution in [0.1, 0.15) is 46.8 Å². The van der Waals surface area contributed by atoms with Gasteiger partial charge in [0.25, 0.3) is 0 Å². The summed E-state index contributed by atoms with van der Waals surface area (Å²) < 4.78 is 17.9. The predicted octanol–water partition coefficient (Wildman–Crippen LogP) is 6.82. The number of nitrogens with one attached hydrogen (secondary N) is 1. The van der Waals surface area contributed by atoms with Gasteiger partial charge in [-0.05, 0) is 49.2 Å². The number of fused-ring (bicyclic) bond motifs is 2. The summed E-state index contributed by atoms with van der Waals surface area (Å²) in [5, 5.41) is 3.95. The zero-order valence-electron chi connectivity index (χ0n) is 21.1. The molecule has 5 rings (SSSR count). The van der Waals surface area contributed by atoms with Crippen molar-refractivity contribution in [1.82, 2.24) is 5.32 Å². The maximum absolute atomic E-state index is 13.7. The number of carbonyl (C=O) groups is 2. The quantitative estimate of drug-likeness (QED) is 0.303. The number of methoxy groups -OCH3 is 1. The Hall–Kier alpha value is -3.55. The van der Waals surface area contributed by atoms with Gasteiger partial charge in [0.15, 0.2) is 17.3 Å². The first-order valence-corrected chi connectivity index (χ1v) is 13.3. The Morgan fingerprint density at radius 2 is 1.71 bits per heavy atom. The maximum atomic E-state index is 13.7. The Morgan fingerprint density at radius 1 is 1.03 bits per heavy atom. The fourth-order valence-corrected chi connectivity index (χ4v) is 5.59. The molecular weight excluding hydrogens is 570 g/mol. The van der Waals surface area contributed by atoms with E-state index in [2.05, 4.69) is 21.2 Å². The average Bonchev–Trinajstić information content (AvgIpc) is 3.20. The van der Waals surface area contributed by atoms with E-state index >= 15 is 0 Å². The molecule has 0 saturated carbocycles. The molecule has 0 spiro atoms. The average molecular weight is 595 g/mol. The summed E-state index contributed by atoms with van der Waals surface area (Å²) in [5.41, 5.74) is 5.24. The van der Waals surface area contributed by atoms with Gasteiger partial charge in [-0.3, -0.25) is 4.79 Å². The Kier molecular flexibility index (Phi) is 7.32. The first kappa shape index (κ1) is 26.1. The van der Waals surface area contributed by atoms with E-state index in [0.717, 1.165) is 11.1 Å². The summed E-state index contributed by atoms with van der Waals surface area (Å²) in [7, 11) is 1.34. The van der Waals surface area contributed by atoms with Crippen molar-refractivity contribution < 1.29 is 23.8 Å². The molecule has 2 aliphatic rings. The largest absolute Gasteiger partial charge is 0.490 e. The summed E-state index contributed by atoms with van der Waals surface area (Å²) in [4.78, 5) is 26.8. The molecule has 3 aromatic rings. The minimum absolute atomic E-state index is 0.130. The smallest absolute Gasteiger partial charge is 0.336 e. The van der Waals surface area contributed by atoms with Crippen molar-refractivity contribution in [3.8, 4) is 11.5 Å². The molecule has 1 aliphatic heterocycles. The third kappa shape index (κ3) is 4.61. The van der Waals surface area contributed by atoms with Crippen molar-refractivity contribution in [3.05, 3.63) is 109 Å². The van der Waals surface area contributed by atoms with E-state index in [-0.39, 0.29) is 5.78 Å². The molecule has 1 atom stereocenters. The number of benzene rings is 3. The SMILES string of the molecule is CCOc1cc([C@H]2C(C(=O)OC)=C(C)NC3=C2C(=O)c2ccccc23)c(Br)cc1OCc1ccc(Cl)cc1. The highest BCUT2D eigenvalue weighted by Crippen LogP contribution is 2.50. The number of dihydropyridines is 1. The molecule has 0 radical (unpaired) electrons. The van der Waals surface area contributed by atoms with Gasteiger partial charge in [0.05, 0.1) is 30.9 Å². The highest BCUT2D eigenvalue weighted by atomic mass is 79.9. The molecular formula is C30H25BrClNO5. The minimum Gasteiger partial charge on any atom is -0.490 e. The molecule has 0 fully saturated rings. The standard InChI is InChI=1S/C30H25BrClNO5/c1-4-37-23-13-21(22(31)14-24(23)38-15-17-9-11-18(32)12-10-17)26-25(30(35)36-3)16(2)33-28-19-7-5-6-8-20(19)29(34)27(26)28/h5-14,26,33H,4,15H2,1-3H3/t26-/m0/s1. The Labute approximate surface area is 234 Å². The second-order valence-electron chi connectivity index (χ2n) is 8.92. The number of ether oxygens (including phenoxy) is 3. The van der Waals surface area contributed by atoms with Gasteiger partial charge in [-0.2, -0.15) is 0 Å². The van der Waals surface area contributed by atoms with Crippen LogP contribution in [0.15, 0.2) is 82.0 Å². The summed E-state index contributed by atoms with van der Waals surface area (Å²) in [6.07, 6.45) is 0. The molecule has 0 bridgehead atoms. The molecule has 3 aromatic carbocycles. The van der Waals surface area contributed by atoms with Gasteiger partial charge < -0.3 is 19.5 Å². The highest BCUT2D eigenvalue weighted by Gasteiger charge is 2.43. The third-order valence-electron chi connectivity index (χ3n) is 6.64. The number of carbonyl (C=O) groups excluding carboxylic acids is 2. The van der Waals surface area contributed by atoms with Gasteiger partial charge in [0, 0.05) is 31.9 Å². The molecule has 6 nitrogen and oxygen atoms in total. The summed E-state index contributed by atoms with van der Waals surface area (Å²) in [5.74, 6) is -0.289. The van der Waals surface area contributed by atoms with E-state index in [0.29, 0.717) is 67.9 Å². The predicted molar refractivity (Wildman–Crippen MR) is 149 cm³/mol. The second kappa shape index (κ2) is 10.7. The molecule has 8 heteroatoms.